The van der Waals surface area contributed by atoms with Crippen LogP contribution in [0.5, 0.6) is 5.75 Å². The maximum absolute atomic E-state index is 5.67. The maximum atomic E-state index is 5.67. The van der Waals surface area contributed by atoms with Gasteiger partial charge in [0.15, 0.2) is 0 Å². The van der Waals surface area contributed by atoms with Crippen LogP contribution in [0.1, 0.15) is 17.8 Å². The van der Waals surface area contributed by atoms with Gasteiger partial charge in [-0.3, -0.25) is 4.98 Å². The molecular weight excluding hydrogens is 262 g/mol. The molecule has 112 valence electrons. The number of nitrogens with zero attached hydrogens (tertiary/aromatic N) is 2. The monoisotopic (exact) mass is 285 g/mol. The zero-order valence-electron chi connectivity index (χ0n) is 12.7. The molecule has 0 unspecified atom stereocenters. The molecule has 0 aliphatic carbocycles. The highest BCUT2D eigenvalue weighted by Crippen LogP contribution is 2.28. The molecule has 2 N–H and O–H groups in total. The minimum atomic E-state index is 0.674. The third-order valence-corrected chi connectivity index (χ3v) is 3.36. The Bertz CT molecular complexity index is 571. The lowest BCUT2D eigenvalue weighted by Gasteiger charge is -2.26. The van der Waals surface area contributed by atoms with Crippen molar-refractivity contribution in [1.82, 2.24) is 4.98 Å². The van der Waals surface area contributed by atoms with Crippen LogP contribution in [-0.2, 0) is 6.54 Å². The van der Waals surface area contributed by atoms with E-state index in [1.165, 1.54) is 0 Å². The lowest BCUT2D eigenvalue weighted by molar-refractivity contribution is 0.414. The molecule has 2 aromatic rings. The van der Waals surface area contributed by atoms with Gasteiger partial charge >= 0.3 is 0 Å². The van der Waals surface area contributed by atoms with Gasteiger partial charge in [0.25, 0.3) is 0 Å². The number of anilines is 1. The summed E-state index contributed by atoms with van der Waals surface area (Å²) < 4.78 is 5.47. The average Bonchev–Trinajstić information content (AvgIpc) is 2.51. The van der Waals surface area contributed by atoms with Crippen LogP contribution >= 0.6 is 0 Å². The molecule has 4 nitrogen and oxygen atoms in total. The van der Waals surface area contributed by atoms with Crippen molar-refractivity contribution >= 4 is 5.69 Å². The molecule has 0 saturated carbocycles. The van der Waals surface area contributed by atoms with Gasteiger partial charge in [0.2, 0.25) is 0 Å². The Kier molecular flexibility index (Phi) is 5.58. The first kappa shape index (κ1) is 15.3. The molecule has 1 aromatic carbocycles. The minimum Gasteiger partial charge on any atom is -0.495 e. The van der Waals surface area contributed by atoms with E-state index >= 15 is 0 Å². The number of rotatable bonds is 7. The molecule has 0 radical (unpaired) electrons. The zero-order chi connectivity index (χ0) is 15.1. The zero-order valence-corrected chi connectivity index (χ0v) is 12.7. The summed E-state index contributed by atoms with van der Waals surface area (Å²) in [5, 5.41) is 0. The molecule has 2 rings (SSSR count). The predicted molar refractivity (Wildman–Crippen MR) is 86.7 cm³/mol. The Morgan fingerprint density at radius 1 is 1.14 bits per heavy atom. The average molecular weight is 285 g/mol. The molecule has 1 aromatic heterocycles. The largest absolute Gasteiger partial charge is 0.495 e. The molecule has 0 spiro atoms. The smallest absolute Gasteiger partial charge is 0.142 e. The van der Waals surface area contributed by atoms with Crippen LogP contribution in [-0.4, -0.2) is 25.2 Å². The molecular formula is C17H23N3O. The van der Waals surface area contributed by atoms with Crippen molar-refractivity contribution in [2.24, 2.45) is 5.73 Å². The number of hydrogen-bond donors (Lipinski definition) is 1. The van der Waals surface area contributed by atoms with E-state index in [0.29, 0.717) is 6.54 Å². The Morgan fingerprint density at radius 3 is 2.67 bits per heavy atom. The molecule has 21 heavy (non-hydrogen) atoms. The van der Waals surface area contributed by atoms with Gasteiger partial charge < -0.3 is 15.4 Å². The second kappa shape index (κ2) is 7.64. The normalized spacial score (nSPS) is 10.4. The van der Waals surface area contributed by atoms with Crippen molar-refractivity contribution < 1.29 is 4.74 Å². The summed E-state index contributed by atoms with van der Waals surface area (Å²) in [5.41, 5.74) is 8.84. The lowest BCUT2D eigenvalue weighted by atomic mass is 10.2. The number of methoxy groups -OCH3 is 1. The summed E-state index contributed by atoms with van der Waals surface area (Å²) in [6.45, 7) is 4.32. The first-order valence-corrected chi connectivity index (χ1v) is 7.25. The Labute approximate surface area is 126 Å². The minimum absolute atomic E-state index is 0.674. The van der Waals surface area contributed by atoms with E-state index in [9.17, 15) is 0 Å². The third-order valence-electron chi connectivity index (χ3n) is 3.36. The second-order valence-corrected chi connectivity index (χ2v) is 5.01. The van der Waals surface area contributed by atoms with Crippen LogP contribution in [0.2, 0.25) is 0 Å². The van der Waals surface area contributed by atoms with Gasteiger partial charge in [0.1, 0.15) is 5.75 Å². The molecule has 1 heterocycles. The van der Waals surface area contributed by atoms with Gasteiger partial charge in [-0.15, -0.1) is 0 Å². The highest BCUT2D eigenvalue weighted by molar-refractivity contribution is 5.58. The van der Waals surface area contributed by atoms with Crippen LogP contribution in [0.25, 0.3) is 0 Å². The van der Waals surface area contributed by atoms with E-state index in [2.05, 4.69) is 22.0 Å². The van der Waals surface area contributed by atoms with E-state index < -0.39 is 0 Å². The van der Waals surface area contributed by atoms with Gasteiger partial charge in [-0.25, -0.2) is 0 Å². The van der Waals surface area contributed by atoms with Crippen molar-refractivity contribution in [3.05, 3.63) is 53.9 Å². The van der Waals surface area contributed by atoms with E-state index in [1.54, 1.807) is 7.11 Å². The van der Waals surface area contributed by atoms with Gasteiger partial charge in [0, 0.05) is 12.2 Å². The van der Waals surface area contributed by atoms with Crippen LogP contribution in [0, 0.1) is 6.92 Å². The first-order valence-electron chi connectivity index (χ1n) is 7.25. The quantitative estimate of drug-likeness (QED) is 0.850. The van der Waals surface area contributed by atoms with E-state index in [4.69, 9.17) is 10.5 Å². The highest BCUT2D eigenvalue weighted by atomic mass is 16.5. The van der Waals surface area contributed by atoms with Crippen LogP contribution < -0.4 is 15.4 Å². The molecule has 4 heteroatoms. The number of ether oxygens (including phenoxy) is 1. The fourth-order valence-corrected chi connectivity index (χ4v) is 2.34. The van der Waals surface area contributed by atoms with E-state index in [1.807, 2.05) is 37.3 Å². The number of benzene rings is 1. The Hall–Kier alpha value is -2.07. The fourth-order valence-electron chi connectivity index (χ4n) is 2.34. The Balaban J connectivity index is 2.25. The van der Waals surface area contributed by atoms with Crippen molar-refractivity contribution in [3.63, 3.8) is 0 Å². The molecule has 0 aliphatic heterocycles. The fraction of sp³-hybridized carbons (Fsp3) is 0.353. The first-order chi connectivity index (χ1) is 10.2. The van der Waals surface area contributed by atoms with Gasteiger partial charge in [-0.1, -0.05) is 18.2 Å². The number of aryl methyl sites for hydroxylation is 1. The molecule has 0 fully saturated rings. The maximum Gasteiger partial charge on any atom is 0.142 e. The molecule has 0 atom stereocenters. The summed E-state index contributed by atoms with van der Waals surface area (Å²) in [7, 11) is 1.70. The molecule has 0 bridgehead atoms. The number of aromatic nitrogens is 1. The number of hydrogen-bond acceptors (Lipinski definition) is 4. The van der Waals surface area contributed by atoms with Crippen molar-refractivity contribution in [2.45, 2.75) is 19.9 Å². The summed E-state index contributed by atoms with van der Waals surface area (Å²) in [6.07, 6.45) is 0.934. The number of nitrogens with two attached hydrogens (primary N) is 1. The van der Waals surface area contributed by atoms with Gasteiger partial charge in [0.05, 0.1) is 25.0 Å². The Morgan fingerprint density at radius 2 is 1.95 bits per heavy atom. The van der Waals surface area contributed by atoms with E-state index in [-0.39, 0.29) is 0 Å². The summed E-state index contributed by atoms with van der Waals surface area (Å²) in [4.78, 5) is 6.86. The van der Waals surface area contributed by atoms with Crippen LogP contribution in [0.15, 0.2) is 42.5 Å². The summed E-state index contributed by atoms with van der Waals surface area (Å²) >= 11 is 0. The predicted octanol–water partition coefficient (Wildman–Crippen LogP) is 2.75. The number of pyridine rings is 1. The molecule has 0 aliphatic rings. The molecule has 0 amide bonds. The van der Waals surface area contributed by atoms with Crippen LogP contribution in [0.3, 0.4) is 0 Å². The number of para-hydroxylation sites is 2. The second-order valence-electron chi connectivity index (χ2n) is 5.01. The summed E-state index contributed by atoms with van der Waals surface area (Å²) in [5.74, 6) is 0.877. The van der Waals surface area contributed by atoms with Crippen molar-refractivity contribution in [3.8, 4) is 5.75 Å². The lowest BCUT2D eigenvalue weighted by Crippen LogP contribution is -2.26. The van der Waals surface area contributed by atoms with Gasteiger partial charge in [-0.2, -0.15) is 0 Å². The molecule has 0 saturated heterocycles. The highest BCUT2D eigenvalue weighted by Gasteiger charge is 2.12. The van der Waals surface area contributed by atoms with Crippen molar-refractivity contribution in [2.75, 3.05) is 25.1 Å². The van der Waals surface area contributed by atoms with Crippen molar-refractivity contribution in [1.29, 1.82) is 0 Å². The van der Waals surface area contributed by atoms with Gasteiger partial charge in [-0.05, 0) is 44.2 Å². The topological polar surface area (TPSA) is 51.4 Å². The van der Waals surface area contributed by atoms with Crippen LogP contribution in [0.4, 0.5) is 5.69 Å². The van der Waals surface area contributed by atoms with E-state index in [0.717, 1.165) is 42.3 Å². The third kappa shape index (κ3) is 4.20. The standard InChI is InChI=1S/C17H23N3O/c1-14-7-5-8-15(19-14)13-20(12-6-11-18)16-9-3-4-10-17(16)21-2/h3-5,7-10H,6,11-13,18H2,1-2H3. The SMILES string of the molecule is COc1ccccc1N(CCCN)Cc1cccc(C)n1. The summed E-state index contributed by atoms with van der Waals surface area (Å²) in [6, 6.07) is 14.2.